The van der Waals surface area contributed by atoms with E-state index in [1.165, 1.54) is 0 Å². The van der Waals surface area contributed by atoms with Gasteiger partial charge in [0, 0.05) is 18.2 Å². The molecule has 1 aliphatic heterocycles. The number of phenolic OH excluding ortho intramolecular Hbond substituents is 1. The van der Waals surface area contributed by atoms with E-state index in [9.17, 15) is 5.11 Å². The summed E-state index contributed by atoms with van der Waals surface area (Å²) in [5.74, 6) is 0.331. The molecule has 1 saturated heterocycles. The van der Waals surface area contributed by atoms with E-state index >= 15 is 0 Å². The third-order valence-corrected chi connectivity index (χ3v) is 3.01. The van der Waals surface area contributed by atoms with Gasteiger partial charge in [0.2, 0.25) is 0 Å². The zero-order valence-corrected chi connectivity index (χ0v) is 9.65. The summed E-state index contributed by atoms with van der Waals surface area (Å²) in [4.78, 5) is 0. The number of benzene rings is 1. The number of nitrogens with one attached hydrogen (secondary N) is 1. The molecule has 3 heteroatoms. The Labute approximate surface area is 96.4 Å². The van der Waals surface area contributed by atoms with Crippen molar-refractivity contribution in [2.24, 2.45) is 0 Å². The Morgan fingerprint density at radius 2 is 2.25 bits per heavy atom. The van der Waals surface area contributed by atoms with Crippen molar-refractivity contribution in [1.29, 1.82) is 0 Å². The van der Waals surface area contributed by atoms with Crippen LogP contribution in [-0.4, -0.2) is 24.3 Å². The summed E-state index contributed by atoms with van der Waals surface area (Å²) in [6, 6.07) is 7.75. The van der Waals surface area contributed by atoms with Crippen LogP contribution >= 0.6 is 0 Å². The topological polar surface area (TPSA) is 41.5 Å². The van der Waals surface area contributed by atoms with E-state index in [4.69, 9.17) is 4.74 Å². The second kappa shape index (κ2) is 5.32. The third kappa shape index (κ3) is 2.36. The van der Waals surface area contributed by atoms with Crippen molar-refractivity contribution in [2.75, 3.05) is 13.2 Å². The molecular weight excluding hydrogens is 202 g/mol. The summed E-state index contributed by atoms with van der Waals surface area (Å²) in [6.45, 7) is 3.77. The fraction of sp³-hybridized carbons (Fsp3) is 0.538. The second-order valence-corrected chi connectivity index (χ2v) is 4.20. The lowest BCUT2D eigenvalue weighted by atomic mass is 9.96. The van der Waals surface area contributed by atoms with Crippen LogP contribution in [0.5, 0.6) is 5.75 Å². The van der Waals surface area contributed by atoms with E-state index in [-0.39, 0.29) is 6.10 Å². The maximum atomic E-state index is 9.84. The number of phenols is 1. The molecule has 1 aromatic rings. The number of ether oxygens (including phenoxy) is 1. The van der Waals surface area contributed by atoms with Gasteiger partial charge in [-0.2, -0.15) is 0 Å². The van der Waals surface area contributed by atoms with Crippen LogP contribution < -0.4 is 5.32 Å². The predicted octanol–water partition coefficient (Wildman–Crippen LogP) is 2.22. The van der Waals surface area contributed by atoms with E-state index in [1.807, 2.05) is 18.2 Å². The van der Waals surface area contributed by atoms with E-state index in [1.54, 1.807) is 6.07 Å². The molecule has 0 bridgehead atoms. The molecule has 0 aliphatic carbocycles. The molecular formula is C13H19NO2. The van der Waals surface area contributed by atoms with Gasteiger partial charge in [-0.15, -0.1) is 0 Å². The summed E-state index contributed by atoms with van der Waals surface area (Å²) >= 11 is 0. The Balaban J connectivity index is 2.19. The first kappa shape index (κ1) is 11.4. The molecule has 0 radical (unpaired) electrons. The van der Waals surface area contributed by atoms with Gasteiger partial charge in [0.1, 0.15) is 11.9 Å². The molecule has 0 saturated carbocycles. The number of rotatable bonds is 3. The van der Waals surface area contributed by atoms with Crippen molar-refractivity contribution in [1.82, 2.24) is 5.32 Å². The Kier molecular flexibility index (Phi) is 3.80. The molecule has 1 aromatic carbocycles. The number of aromatic hydroxyl groups is 1. The van der Waals surface area contributed by atoms with Crippen molar-refractivity contribution in [2.45, 2.75) is 31.9 Å². The molecule has 1 fully saturated rings. The number of hydrogen-bond donors (Lipinski definition) is 2. The van der Waals surface area contributed by atoms with Crippen molar-refractivity contribution < 1.29 is 9.84 Å². The summed E-state index contributed by atoms with van der Waals surface area (Å²) in [6.07, 6.45) is 2.17. The Hall–Kier alpha value is -1.06. The fourth-order valence-electron chi connectivity index (χ4n) is 2.25. The zero-order chi connectivity index (χ0) is 11.4. The summed E-state index contributed by atoms with van der Waals surface area (Å²) in [7, 11) is 0. The number of hydrogen-bond acceptors (Lipinski definition) is 3. The minimum atomic E-state index is -0.0186. The fourth-order valence-corrected chi connectivity index (χ4v) is 2.25. The Morgan fingerprint density at radius 1 is 1.44 bits per heavy atom. The van der Waals surface area contributed by atoms with E-state index in [0.29, 0.717) is 18.4 Å². The monoisotopic (exact) mass is 221 g/mol. The van der Waals surface area contributed by atoms with Crippen LogP contribution in [0.25, 0.3) is 0 Å². The Morgan fingerprint density at radius 3 is 3.00 bits per heavy atom. The van der Waals surface area contributed by atoms with Crippen LogP contribution in [-0.2, 0) is 4.74 Å². The number of morpholine rings is 1. The molecule has 1 heterocycles. The van der Waals surface area contributed by atoms with Crippen LogP contribution in [0.3, 0.4) is 0 Å². The van der Waals surface area contributed by atoms with Gasteiger partial charge < -0.3 is 15.2 Å². The molecule has 0 spiro atoms. The number of para-hydroxylation sites is 1. The smallest absolute Gasteiger partial charge is 0.121 e. The quantitative estimate of drug-likeness (QED) is 0.822. The maximum Gasteiger partial charge on any atom is 0.121 e. The van der Waals surface area contributed by atoms with Crippen LogP contribution in [0.4, 0.5) is 0 Å². The summed E-state index contributed by atoms with van der Waals surface area (Å²) in [5.41, 5.74) is 0.896. The van der Waals surface area contributed by atoms with Crippen LogP contribution in [0.2, 0.25) is 0 Å². The molecule has 1 unspecified atom stereocenters. The highest BCUT2D eigenvalue weighted by atomic mass is 16.5. The van der Waals surface area contributed by atoms with Crippen molar-refractivity contribution in [3.63, 3.8) is 0 Å². The van der Waals surface area contributed by atoms with Crippen LogP contribution in [0, 0.1) is 0 Å². The summed E-state index contributed by atoms with van der Waals surface area (Å²) in [5, 5.41) is 13.3. The molecule has 3 nitrogen and oxygen atoms in total. The highest BCUT2D eigenvalue weighted by Crippen LogP contribution is 2.31. The first-order valence-electron chi connectivity index (χ1n) is 5.95. The zero-order valence-electron chi connectivity index (χ0n) is 9.65. The molecule has 2 N–H and O–H groups in total. The van der Waals surface area contributed by atoms with Gasteiger partial charge in [-0.3, -0.25) is 0 Å². The van der Waals surface area contributed by atoms with Gasteiger partial charge in [0.15, 0.2) is 0 Å². The predicted molar refractivity (Wildman–Crippen MR) is 63.5 cm³/mol. The van der Waals surface area contributed by atoms with Crippen molar-refractivity contribution >= 4 is 0 Å². The third-order valence-electron chi connectivity index (χ3n) is 3.01. The van der Waals surface area contributed by atoms with Crippen LogP contribution in [0.1, 0.15) is 31.4 Å². The average molecular weight is 221 g/mol. The van der Waals surface area contributed by atoms with Gasteiger partial charge in [-0.1, -0.05) is 31.5 Å². The second-order valence-electron chi connectivity index (χ2n) is 4.20. The van der Waals surface area contributed by atoms with Gasteiger partial charge in [0.05, 0.1) is 6.61 Å². The van der Waals surface area contributed by atoms with Gasteiger partial charge in [-0.25, -0.2) is 0 Å². The van der Waals surface area contributed by atoms with Crippen molar-refractivity contribution in [3.05, 3.63) is 29.8 Å². The minimum Gasteiger partial charge on any atom is -0.508 e. The summed E-state index contributed by atoms with van der Waals surface area (Å²) < 4.78 is 5.79. The lowest BCUT2D eigenvalue weighted by molar-refractivity contribution is -0.00911. The maximum absolute atomic E-state index is 9.84. The Bertz CT molecular complexity index is 338. The molecule has 1 aliphatic rings. The molecule has 16 heavy (non-hydrogen) atoms. The molecule has 0 amide bonds. The van der Waals surface area contributed by atoms with Gasteiger partial charge in [-0.05, 0) is 12.5 Å². The van der Waals surface area contributed by atoms with Gasteiger partial charge in [0.25, 0.3) is 0 Å². The molecule has 2 rings (SSSR count). The molecule has 2 atom stereocenters. The average Bonchev–Trinajstić information content (AvgIpc) is 2.31. The normalized spacial score (nSPS) is 25.6. The van der Waals surface area contributed by atoms with E-state index in [0.717, 1.165) is 24.9 Å². The minimum absolute atomic E-state index is 0.0186. The molecule has 0 aromatic heterocycles. The first-order valence-corrected chi connectivity index (χ1v) is 5.95. The largest absolute Gasteiger partial charge is 0.508 e. The lowest BCUT2D eigenvalue weighted by Gasteiger charge is -2.33. The highest BCUT2D eigenvalue weighted by Gasteiger charge is 2.27. The van der Waals surface area contributed by atoms with E-state index < -0.39 is 0 Å². The highest BCUT2D eigenvalue weighted by molar-refractivity contribution is 5.34. The van der Waals surface area contributed by atoms with Crippen LogP contribution in [0.15, 0.2) is 24.3 Å². The first-order chi connectivity index (χ1) is 7.83. The van der Waals surface area contributed by atoms with Crippen molar-refractivity contribution in [3.8, 4) is 5.75 Å². The SMILES string of the molecule is CCCC1NCCO[C@@H]1c1ccccc1O. The molecule has 88 valence electrons. The van der Waals surface area contributed by atoms with Gasteiger partial charge >= 0.3 is 0 Å². The lowest BCUT2D eigenvalue weighted by Crippen LogP contribution is -2.43. The standard InChI is InChI=1S/C13H19NO2/c1-2-5-11-13(16-9-8-14-11)10-6-3-4-7-12(10)15/h3-4,6-7,11,13-15H,2,5,8-9H2,1H3/t11?,13-/m1/s1. The van der Waals surface area contributed by atoms with E-state index in [2.05, 4.69) is 12.2 Å².